The highest BCUT2D eigenvalue weighted by atomic mass is 32.1. The third-order valence-corrected chi connectivity index (χ3v) is 6.49. The van der Waals surface area contributed by atoms with Crippen LogP contribution in [0.1, 0.15) is 12.5 Å². The lowest BCUT2D eigenvalue weighted by atomic mass is 10.2. The van der Waals surface area contributed by atoms with Gasteiger partial charge in [0.1, 0.15) is 11.4 Å². The molecule has 0 atom stereocenters. The fourth-order valence-electron chi connectivity index (χ4n) is 3.35. The molecule has 0 saturated carbocycles. The van der Waals surface area contributed by atoms with Crippen LogP contribution in [0.4, 0.5) is 5.69 Å². The van der Waals surface area contributed by atoms with Crippen molar-refractivity contribution in [2.75, 3.05) is 13.4 Å². The van der Waals surface area contributed by atoms with Crippen LogP contribution in [0, 0.1) is 0 Å². The molecule has 30 heavy (non-hydrogen) atoms. The van der Waals surface area contributed by atoms with E-state index in [-0.39, 0.29) is 6.79 Å². The van der Waals surface area contributed by atoms with Crippen LogP contribution in [-0.4, -0.2) is 18.0 Å². The number of para-hydroxylation sites is 2. The smallest absolute Gasteiger partial charge is 0.231 e. The molecule has 0 fully saturated rings. The number of aromatic nitrogens is 1. The third-order valence-electron chi connectivity index (χ3n) is 4.73. The van der Waals surface area contributed by atoms with E-state index in [1.165, 1.54) is 4.88 Å². The Morgan fingerprint density at radius 3 is 2.80 bits per heavy atom. The highest BCUT2D eigenvalue weighted by Gasteiger charge is 2.15. The summed E-state index contributed by atoms with van der Waals surface area (Å²) in [5.74, 6) is 2.38. The van der Waals surface area contributed by atoms with Crippen LogP contribution in [0.15, 0.2) is 70.3 Å². The molecule has 7 heteroatoms. The van der Waals surface area contributed by atoms with Crippen LogP contribution in [-0.2, 0) is 6.54 Å². The van der Waals surface area contributed by atoms with Gasteiger partial charge in [-0.25, -0.2) is 4.99 Å². The lowest BCUT2D eigenvalue weighted by Crippen LogP contribution is -2.16. The van der Waals surface area contributed by atoms with E-state index in [0.717, 1.165) is 39.0 Å². The molecule has 0 spiro atoms. The lowest BCUT2D eigenvalue weighted by molar-refractivity contribution is 0.174. The van der Waals surface area contributed by atoms with Crippen molar-refractivity contribution in [3.63, 3.8) is 0 Å². The molecule has 4 aromatic rings. The zero-order chi connectivity index (χ0) is 20.3. The first-order chi connectivity index (χ1) is 14.8. The summed E-state index contributed by atoms with van der Waals surface area (Å²) in [6.45, 7) is 3.55. The van der Waals surface area contributed by atoms with Crippen molar-refractivity contribution in [1.29, 1.82) is 0 Å². The van der Waals surface area contributed by atoms with E-state index in [1.54, 1.807) is 22.7 Å². The maximum atomic E-state index is 5.77. The van der Waals surface area contributed by atoms with E-state index in [4.69, 9.17) is 19.2 Å². The van der Waals surface area contributed by atoms with Gasteiger partial charge in [0.25, 0.3) is 0 Å². The van der Waals surface area contributed by atoms with Gasteiger partial charge in [-0.05, 0) is 48.2 Å². The molecule has 152 valence electrons. The summed E-state index contributed by atoms with van der Waals surface area (Å²) in [6, 6.07) is 18.2. The van der Waals surface area contributed by atoms with E-state index in [1.807, 2.05) is 43.3 Å². The summed E-state index contributed by atoms with van der Waals surface area (Å²) < 4.78 is 19.0. The second-order valence-electron chi connectivity index (χ2n) is 6.67. The van der Waals surface area contributed by atoms with Crippen LogP contribution in [0.2, 0.25) is 0 Å². The predicted molar refractivity (Wildman–Crippen MR) is 120 cm³/mol. The average Bonchev–Trinajstić information content (AvgIpc) is 3.51. The first kappa shape index (κ1) is 19.0. The molecule has 0 radical (unpaired) electrons. The molecule has 0 unspecified atom stereocenters. The van der Waals surface area contributed by atoms with Crippen molar-refractivity contribution in [2.24, 2.45) is 4.99 Å². The van der Waals surface area contributed by atoms with Crippen molar-refractivity contribution < 1.29 is 14.2 Å². The molecule has 0 N–H and O–H groups in total. The van der Waals surface area contributed by atoms with Gasteiger partial charge in [0.05, 0.1) is 23.7 Å². The molecule has 5 rings (SSSR count). The van der Waals surface area contributed by atoms with Gasteiger partial charge in [0.2, 0.25) is 6.79 Å². The van der Waals surface area contributed by atoms with Gasteiger partial charge in [-0.15, -0.1) is 22.7 Å². The summed E-state index contributed by atoms with van der Waals surface area (Å²) in [7, 11) is 0. The lowest BCUT2D eigenvalue weighted by Gasteiger charge is -2.10. The Hall–Kier alpha value is -3.03. The summed E-state index contributed by atoms with van der Waals surface area (Å²) >= 11 is 3.36. The Morgan fingerprint density at radius 1 is 1.03 bits per heavy atom. The van der Waals surface area contributed by atoms with Gasteiger partial charge in [-0.1, -0.05) is 24.3 Å². The SMILES string of the molecule is CCOc1ccccc1N=c1scc(-c2cccs2)n1Cc1ccc2c(c1)OCO2. The van der Waals surface area contributed by atoms with Crippen molar-refractivity contribution in [3.05, 3.63) is 75.7 Å². The van der Waals surface area contributed by atoms with Crippen molar-refractivity contribution in [2.45, 2.75) is 13.5 Å². The standard InChI is InChI=1S/C23H20N2O3S2/c1-2-26-19-7-4-3-6-17(19)24-23-25(18(14-30-23)22-8-5-11-29-22)13-16-9-10-20-21(12-16)28-15-27-20/h3-12,14H,2,13,15H2,1H3. The molecule has 1 aliphatic heterocycles. The molecule has 0 aliphatic carbocycles. The van der Waals surface area contributed by atoms with Gasteiger partial charge in [-0.3, -0.25) is 0 Å². The fourth-order valence-corrected chi connectivity index (χ4v) is 5.08. The predicted octanol–water partition coefficient (Wildman–Crippen LogP) is 5.69. The zero-order valence-electron chi connectivity index (χ0n) is 16.4. The number of fused-ring (bicyclic) bond motifs is 1. The Kier molecular flexibility index (Phi) is 5.29. The Labute approximate surface area is 182 Å². The van der Waals surface area contributed by atoms with Gasteiger partial charge in [0.15, 0.2) is 16.3 Å². The molecule has 2 aromatic heterocycles. The third kappa shape index (κ3) is 3.74. The number of hydrogen-bond donors (Lipinski definition) is 0. The number of thiophene rings is 1. The van der Waals surface area contributed by atoms with E-state index in [9.17, 15) is 0 Å². The second-order valence-corrected chi connectivity index (χ2v) is 8.45. The summed E-state index contributed by atoms with van der Waals surface area (Å²) in [5.41, 5.74) is 3.12. The number of ether oxygens (including phenoxy) is 3. The first-order valence-electron chi connectivity index (χ1n) is 9.69. The van der Waals surface area contributed by atoms with Gasteiger partial charge in [-0.2, -0.15) is 0 Å². The number of rotatable bonds is 6. The quantitative estimate of drug-likeness (QED) is 0.390. The van der Waals surface area contributed by atoms with Gasteiger partial charge in [0, 0.05) is 5.38 Å². The first-order valence-corrected chi connectivity index (χ1v) is 11.4. The minimum Gasteiger partial charge on any atom is -0.492 e. The Balaban J connectivity index is 1.60. The van der Waals surface area contributed by atoms with E-state index < -0.39 is 0 Å². The molecule has 3 heterocycles. The normalized spacial score (nSPS) is 13.0. The molecular formula is C23H20N2O3S2. The van der Waals surface area contributed by atoms with Gasteiger partial charge < -0.3 is 18.8 Å². The molecule has 0 saturated heterocycles. The van der Waals surface area contributed by atoms with Crippen molar-refractivity contribution in [3.8, 4) is 27.8 Å². The molecule has 0 bridgehead atoms. The number of hydrogen-bond acceptors (Lipinski definition) is 6. The highest BCUT2D eigenvalue weighted by molar-refractivity contribution is 7.14. The number of benzene rings is 2. The maximum absolute atomic E-state index is 5.77. The molecule has 0 amide bonds. The maximum Gasteiger partial charge on any atom is 0.231 e. The molecular weight excluding hydrogens is 416 g/mol. The van der Waals surface area contributed by atoms with E-state index in [0.29, 0.717) is 13.2 Å². The largest absolute Gasteiger partial charge is 0.492 e. The van der Waals surface area contributed by atoms with Crippen molar-refractivity contribution >= 4 is 28.4 Å². The minimum atomic E-state index is 0.277. The van der Waals surface area contributed by atoms with Crippen LogP contribution < -0.4 is 19.0 Å². The van der Waals surface area contributed by atoms with Crippen LogP contribution in [0.5, 0.6) is 17.2 Å². The van der Waals surface area contributed by atoms with Gasteiger partial charge >= 0.3 is 0 Å². The van der Waals surface area contributed by atoms with Crippen LogP contribution in [0.25, 0.3) is 10.6 Å². The molecule has 1 aliphatic rings. The zero-order valence-corrected chi connectivity index (χ0v) is 18.0. The minimum absolute atomic E-state index is 0.277. The summed E-state index contributed by atoms with van der Waals surface area (Å²) in [6.07, 6.45) is 0. The van der Waals surface area contributed by atoms with Crippen molar-refractivity contribution in [1.82, 2.24) is 4.57 Å². The summed E-state index contributed by atoms with van der Waals surface area (Å²) in [4.78, 5) is 7.10. The highest BCUT2D eigenvalue weighted by Crippen LogP contribution is 2.34. The number of thiazole rings is 1. The summed E-state index contributed by atoms with van der Waals surface area (Å²) in [5, 5.41) is 4.26. The van der Waals surface area contributed by atoms with E-state index >= 15 is 0 Å². The van der Waals surface area contributed by atoms with E-state index in [2.05, 4.69) is 33.5 Å². The number of nitrogens with zero attached hydrogens (tertiary/aromatic N) is 2. The topological polar surface area (TPSA) is 45.0 Å². The monoisotopic (exact) mass is 436 g/mol. The second kappa shape index (κ2) is 8.38. The Bertz CT molecular complexity index is 1230. The van der Waals surface area contributed by atoms with Crippen LogP contribution in [0.3, 0.4) is 0 Å². The fraction of sp³-hybridized carbons (Fsp3) is 0.174. The molecule has 2 aromatic carbocycles. The Morgan fingerprint density at radius 2 is 1.93 bits per heavy atom. The molecule has 5 nitrogen and oxygen atoms in total. The average molecular weight is 437 g/mol. The van der Waals surface area contributed by atoms with Crippen LogP contribution >= 0.6 is 22.7 Å².